The van der Waals surface area contributed by atoms with Crippen LogP contribution in [0, 0.1) is 0 Å². The zero-order valence-corrected chi connectivity index (χ0v) is 13.5. The fourth-order valence-corrected chi connectivity index (χ4v) is 11.3. The SMILES string of the molecule is C[CH2][Ru]([CH3])([CH3])([CH3])([CH3])([C]1=CC=CC1)[c]1ccc[nH]1. The van der Waals surface area contributed by atoms with Gasteiger partial charge in [0.15, 0.2) is 0 Å². The molecule has 0 bridgehead atoms. The van der Waals surface area contributed by atoms with E-state index in [1.54, 1.807) is 4.17 Å². The molecule has 1 aromatic rings. The Balaban J connectivity index is 2.87. The van der Waals surface area contributed by atoms with E-state index in [1.165, 1.54) is 9.30 Å². The van der Waals surface area contributed by atoms with Gasteiger partial charge in [-0.2, -0.15) is 0 Å². The summed E-state index contributed by atoms with van der Waals surface area (Å²) in [5.41, 5.74) is 10.2. The number of H-pyrrole nitrogens is 1. The zero-order chi connectivity index (χ0) is 12.9. The van der Waals surface area contributed by atoms with Crippen LogP contribution in [0.25, 0.3) is 0 Å². The summed E-state index contributed by atoms with van der Waals surface area (Å²) in [7, 11) is 0. The Labute approximate surface area is 102 Å². The van der Waals surface area contributed by atoms with Crippen molar-refractivity contribution in [3.05, 3.63) is 40.7 Å². The van der Waals surface area contributed by atoms with Gasteiger partial charge in [0.2, 0.25) is 0 Å². The summed E-state index contributed by atoms with van der Waals surface area (Å²) in [5.74, 6) is 0. The van der Waals surface area contributed by atoms with E-state index in [2.05, 4.69) is 70.5 Å². The fourth-order valence-electron chi connectivity index (χ4n) is 2.39. The fraction of sp³-hybridized carbons (Fsp3) is 0.467. The van der Waals surface area contributed by atoms with E-state index in [1.807, 2.05) is 0 Å². The Hall–Kier alpha value is -0.617. The second-order valence-electron chi connectivity index (χ2n) is 7.36. The van der Waals surface area contributed by atoms with Gasteiger partial charge in [0.05, 0.1) is 0 Å². The van der Waals surface area contributed by atoms with E-state index in [4.69, 9.17) is 0 Å². The first-order chi connectivity index (χ1) is 7.56. The number of aromatic nitrogens is 1. The van der Waals surface area contributed by atoms with Crippen molar-refractivity contribution in [2.24, 2.45) is 0 Å². The van der Waals surface area contributed by atoms with E-state index in [0.29, 0.717) is 0 Å². The molecule has 1 aromatic heterocycles. The molecule has 0 aromatic carbocycles. The van der Waals surface area contributed by atoms with Gasteiger partial charge in [0.25, 0.3) is 0 Å². The van der Waals surface area contributed by atoms with Crippen LogP contribution in [0.1, 0.15) is 13.3 Å². The van der Waals surface area contributed by atoms with Crippen LogP contribution < -0.4 is 4.29 Å². The van der Waals surface area contributed by atoms with E-state index in [0.717, 1.165) is 6.42 Å². The average Bonchev–Trinajstić information content (AvgIpc) is 2.92. The van der Waals surface area contributed by atoms with Gasteiger partial charge in [-0.1, -0.05) is 0 Å². The van der Waals surface area contributed by atoms with Crippen molar-refractivity contribution in [2.45, 2.75) is 40.4 Å². The predicted molar refractivity (Wildman–Crippen MR) is 76.2 cm³/mol. The number of nitrogens with one attached hydrogen (secondary N) is 1. The Kier molecular flexibility index (Phi) is 1.92. The van der Waals surface area contributed by atoms with Gasteiger partial charge < -0.3 is 0 Å². The molecule has 0 unspecified atom stereocenters. The molecule has 0 saturated heterocycles. The van der Waals surface area contributed by atoms with Gasteiger partial charge in [-0.15, -0.1) is 0 Å². The van der Waals surface area contributed by atoms with Crippen molar-refractivity contribution in [3.63, 3.8) is 0 Å². The van der Waals surface area contributed by atoms with Crippen molar-refractivity contribution in [3.8, 4) is 0 Å². The van der Waals surface area contributed by atoms with Crippen LogP contribution in [0.15, 0.2) is 40.7 Å². The molecular weight excluding hydrogens is 295 g/mol. The van der Waals surface area contributed by atoms with E-state index >= 15 is 0 Å². The zero-order valence-electron chi connectivity index (χ0n) is 11.7. The van der Waals surface area contributed by atoms with Crippen LogP contribution in [-0.2, 0) is 11.2 Å². The summed E-state index contributed by atoms with van der Waals surface area (Å²) in [6.07, 6.45) is 10.0. The summed E-state index contributed by atoms with van der Waals surface area (Å²) in [5, 5.41) is 1.20. The van der Waals surface area contributed by atoms with E-state index in [9.17, 15) is 0 Å². The molecule has 1 heterocycles. The number of hydrogen-bond donors (Lipinski definition) is 1. The molecule has 0 amide bonds. The summed E-state index contributed by atoms with van der Waals surface area (Å²) < 4.78 is 3.08. The molecule has 0 aliphatic heterocycles. The van der Waals surface area contributed by atoms with Crippen molar-refractivity contribution in [1.82, 2.24) is 4.98 Å². The molecule has 1 aliphatic rings. The van der Waals surface area contributed by atoms with Crippen LogP contribution in [0.5, 0.6) is 0 Å². The Morgan fingerprint density at radius 1 is 1.24 bits per heavy atom. The Morgan fingerprint density at radius 2 is 1.94 bits per heavy atom. The van der Waals surface area contributed by atoms with Crippen LogP contribution in [0.3, 0.4) is 0 Å². The summed E-state index contributed by atoms with van der Waals surface area (Å²) in [6, 6.07) is 4.42. The summed E-state index contributed by atoms with van der Waals surface area (Å²) in [6.45, 7) is 2.35. The van der Waals surface area contributed by atoms with E-state index in [-0.39, 0.29) is 0 Å². The molecule has 0 spiro atoms. The maximum atomic E-state index is 3.53. The molecular formula is C15H26NRu. The third-order valence-electron chi connectivity index (χ3n) is 4.69. The van der Waals surface area contributed by atoms with Crippen molar-refractivity contribution in [2.75, 3.05) is 0 Å². The topological polar surface area (TPSA) is 15.8 Å². The summed E-state index contributed by atoms with van der Waals surface area (Å²) >= 11 is -3.66. The second-order valence-corrected chi connectivity index (χ2v) is 34.6. The van der Waals surface area contributed by atoms with Crippen molar-refractivity contribution >= 4 is 4.29 Å². The molecule has 2 rings (SSSR count). The van der Waals surface area contributed by atoms with Crippen LogP contribution >= 0.6 is 0 Å². The monoisotopic (exact) mass is 322 g/mol. The first kappa shape index (κ1) is 12.8. The van der Waals surface area contributed by atoms with Gasteiger partial charge in [0, 0.05) is 0 Å². The van der Waals surface area contributed by atoms with Gasteiger partial charge in [0.1, 0.15) is 0 Å². The maximum absolute atomic E-state index is 3.66. The first-order valence-electron chi connectivity index (χ1n) is 5.94. The Bertz CT molecular complexity index is 530. The minimum atomic E-state index is -3.66. The van der Waals surface area contributed by atoms with Gasteiger partial charge in [-0.25, -0.2) is 0 Å². The number of allylic oxidation sites excluding steroid dienone is 4. The van der Waals surface area contributed by atoms with Crippen molar-refractivity contribution < 1.29 is 11.2 Å². The molecule has 1 nitrogen and oxygen atoms in total. The minimum absolute atomic E-state index is 1.11. The molecule has 1 aliphatic carbocycles. The number of hydrogen-bond acceptors (Lipinski definition) is 0. The first-order valence-corrected chi connectivity index (χ1v) is 15.9. The summed E-state index contributed by atoms with van der Waals surface area (Å²) in [4.78, 5) is 3.53. The van der Waals surface area contributed by atoms with E-state index < -0.39 is 11.2 Å². The molecule has 99 valence electrons. The number of aromatic amines is 1. The third-order valence-corrected chi connectivity index (χ3v) is 22.7. The molecule has 1 N–H and O–H groups in total. The quantitative estimate of drug-likeness (QED) is 0.764. The molecule has 0 saturated carbocycles. The molecule has 0 radical (unpaired) electrons. The van der Waals surface area contributed by atoms with Gasteiger partial charge >= 0.3 is 102 Å². The molecule has 17 heavy (non-hydrogen) atoms. The van der Waals surface area contributed by atoms with Gasteiger partial charge in [-0.3, -0.25) is 0 Å². The van der Waals surface area contributed by atoms with Crippen molar-refractivity contribution in [1.29, 1.82) is 0 Å². The second kappa shape index (κ2) is 2.54. The molecule has 2 heteroatoms. The van der Waals surface area contributed by atoms with Gasteiger partial charge in [-0.05, 0) is 0 Å². The van der Waals surface area contributed by atoms with Crippen LogP contribution in [0.2, 0.25) is 27.1 Å². The van der Waals surface area contributed by atoms with Crippen LogP contribution in [0.4, 0.5) is 0 Å². The van der Waals surface area contributed by atoms with Crippen LogP contribution in [-0.4, -0.2) is 4.98 Å². The molecule has 0 fully saturated rings. The average molecular weight is 321 g/mol. The molecule has 0 atom stereocenters. The Morgan fingerprint density at radius 3 is 2.35 bits per heavy atom. The predicted octanol–water partition coefficient (Wildman–Crippen LogP) is 4.88. The normalized spacial score (nSPS) is 22.4. The third kappa shape index (κ3) is 1.46. The number of rotatable bonds is 3. The standard InChI is InChI=1S/C5H5.C4H4N.C2H5.4CH3.Ru/c2*1-2-4-5-3-1;1-2;;;;;/h1-3H,4H2;1-3,5H;1H2,2H3;4*1H3;.